The average molecular weight is 337 g/mol. The Bertz CT molecular complexity index is 762. The van der Waals surface area contributed by atoms with Gasteiger partial charge in [0.15, 0.2) is 0 Å². The number of hydrogen-bond donors (Lipinski definition) is 0. The van der Waals surface area contributed by atoms with Crippen molar-refractivity contribution in [2.75, 3.05) is 7.11 Å². The smallest absolute Gasteiger partial charge is 0.119 e. The topological polar surface area (TPSA) is 22.1 Å². The average Bonchev–Trinajstić information content (AvgIpc) is 2.98. The molecule has 2 aromatic carbocycles. The Morgan fingerprint density at radius 2 is 1.67 bits per heavy atom. The van der Waals surface area contributed by atoms with Crippen molar-refractivity contribution in [3.8, 4) is 11.1 Å². The van der Waals surface area contributed by atoms with Crippen LogP contribution in [0.4, 0.5) is 0 Å². The van der Waals surface area contributed by atoms with Crippen molar-refractivity contribution in [1.82, 2.24) is 4.98 Å². The quantitative estimate of drug-likeness (QED) is 0.568. The molecule has 0 saturated heterocycles. The number of methoxy groups -OCH3 is 1. The Labute approximate surface area is 148 Å². The van der Waals surface area contributed by atoms with E-state index in [1.165, 1.54) is 27.3 Å². The van der Waals surface area contributed by atoms with Crippen LogP contribution in [0.25, 0.3) is 11.1 Å². The molecule has 0 saturated carbocycles. The summed E-state index contributed by atoms with van der Waals surface area (Å²) in [5, 5.41) is 1.08. The van der Waals surface area contributed by atoms with Gasteiger partial charge in [0.05, 0.1) is 12.3 Å². The van der Waals surface area contributed by atoms with Crippen molar-refractivity contribution in [1.29, 1.82) is 0 Å². The molecule has 24 heavy (non-hydrogen) atoms. The van der Waals surface area contributed by atoms with Crippen molar-refractivity contribution in [2.24, 2.45) is 0 Å². The van der Waals surface area contributed by atoms with E-state index >= 15 is 0 Å². The van der Waals surface area contributed by atoms with Crippen molar-refractivity contribution in [3.63, 3.8) is 0 Å². The van der Waals surface area contributed by atoms with Gasteiger partial charge in [-0.2, -0.15) is 0 Å². The summed E-state index contributed by atoms with van der Waals surface area (Å²) in [6, 6.07) is 19.4. The van der Waals surface area contributed by atoms with E-state index in [1.54, 1.807) is 18.4 Å². The second-order valence-corrected chi connectivity index (χ2v) is 7.07. The summed E-state index contributed by atoms with van der Waals surface area (Å²) in [6.07, 6.45) is 3.11. The molecule has 0 aliphatic heterocycles. The number of ether oxygens (including phenoxy) is 1. The van der Waals surface area contributed by atoms with Crippen molar-refractivity contribution < 1.29 is 4.74 Å². The molecule has 0 aliphatic rings. The van der Waals surface area contributed by atoms with Gasteiger partial charge in [0, 0.05) is 18.4 Å². The van der Waals surface area contributed by atoms with Gasteiger partial charge in [-0.1, -0.05) is 67.9 Å². The first-order valence-corrected chi connectivity index (χ1v) is 9.22. The Morgan fingerprint density at radius 3 is 2.33 bits per heavy atom. The highest BCUT2D eigenvalue weighted by atomic mass is 32.1. The standard InChI is InChI=1S/C21H23NOS/c1-3-7-19-20(24-21(22-19)15-23-2)14-16-10-12-18(13-11-16)17-8-5-4-6-9-17/h4-6,8-13H,3,7,14-15H2,1-2H3. The van der Waals surface area contributed by atoms with Gasteiger partial charge in [0.25, 0.3) is 0 Å². The number of aromatic nitrogens is 1. The molecule has 0 spiro atoms. The van der Waals surface area contributed by atoms with Crippen molar-refractivity contribution in [2.45, 2.75) is 32.8 Å². The third kappa shape index (κ3) is 4.11. The molecule has 3 heteroatoms. The van der Waals surface area contributed by atoms with Gasteiger partial charge >= 0.3 is 0 Å². The fourth-order valence-electron chi connectivity index (χ4n) is 2.82. The molecule has 124 valence electrons. The lowest BCUT2D eigenvalue weighted by Crippen LogP contribution is -1.93. The maximum Gasteiger partial charge on any atom is 0.119 e. The highest BCUT2D eigenvalue weighted by molar-refractivity contribution is 7.11. The summed E-state index contributed by atoms with van der Waals surface area (Å²) in [5.41, 5.74) is 5.09. The molecule has 0 unspecified atom stereocenters. The van der Waals surface area contributed by atoms with Crippen LogP contribution in [0.3, 0.4) is 0 Å². The zero-order valence-electron chi connectivity index (χ0n) is 14.3. The second-order valence-electron chi connectivity index (χ2n) is 5.90. The van der Waals surface area contributed by atoms with E-state index in [0.717, 1.165) is 24.3 Å². The molecule has 3 aromatic rings. The SMILES string of the molecule is CCCc1nc(COC)sc1Cc1ccc(-c2ccccc2)cc1. The largest absolute Gasteiger partial charge is 0.378 e. The van der Waals surface area contributed by atoms with Gasteiger partial charge in [-0.05, 0) is 23.1 Å². The molecule has 0 bridgehead atoms. The van der Waals surface area contributed by atoms with E-state index in [4.69, 9.17) is 9.72 Å². The van der Waals surface area contributed by atoms with Gasteiger partial charge in [-0.25, -0.2) is 4.98 Å². The van der Waals surface area contributed by atoms with E-state index in [9.17, 15) is 0 Å². The number of nitrogens with zero attached hydrogens (tertiary/aromatic N) is 1. The molecule has 0 radical (unpaired) electrons. The lowest BCUT2D eigenvalue weighted by molar-refractivity contribution is 0.184. The minimum Gasteiger partial charge on any atom is -0.378 e. The van der Waals surface area contributed by atoms with Crippen molar-refractivity contribution in [3.05, 3.63) is 75.7 Å². The molecular formula is C21H23NOS. The summed E-state index contributed by atoms with van der Waals surface area (Å²) < 4.78 is 5.24. The first kappa shape index (κ1) is 16.9. The normalized spacial score (nSPS) is 10.9. The second kappa shape index (κ2) is 8.22. The molecule has 1 aromatic heterocycles. The third-order valence-corrected chi connectivity index (χ3v) is 5.07. The molecule has 3 rings (SSSR count). The summed E-state index contributed by atoms with van der Waals surface area (Å²) in [6.45, 7) is 2.81. The Hall–Kier alpha value is -1.97. The minimum absolute atomic E-state index is 0.605. The minimum atomic E-state index is 0.605. The number of hydrogen-bond acceptors (Lipinski definition) is 3. The van der Waals surface area contributed by atoms with Crippen LogP contribution in [-0.4, -0.2) is 12.1 Å². The van der Waals surface area contributed by atoms with E-state index in [2.05, 4.69) is 61.5 Å². The Balaban J connectivity index is 1.78. The van der Waals surface area contributed by atoms with Gasteiger partial charge in [-0.15, -0.1) is 11.3 Å². The van der Waals surface area contributed by atoms with Crippen LogP contribution in [0.2, 0.25) is 0 Å². The van der Waals surface area contributed by atoms with Crippen LogP contribution in [0.5, 0.6) is 0 Å². The highest BCUT2D eigenvalue weighted by Crippen LogP contribution is 2.25. The van der Waals surface area contributed by atoms with Crippen LogP contribution < -0.4 is 0 Å². The molecule has 0 amide bonds. The molecule has 0 atom stereocenters. The fraction of sp³-hybridized carbons (Fsp3) is 0.286. The van der Waals surface area contributed by atoms with E-state index in [1.807, 2.05) is 0 Å². The molecule has 1 heterocycles. The maximum absolute atomic E-state index is 5.24. The summed E-state index contributed by atoms with van der Waals surface area (Å²) in [4.78, 5) is 6.12. The van der Waals surface area contributed by atoms with Crippen LogP contribution in [0, 0.1) is 0 Å². The van der Waals surface area contributed by atoms with Crippen LogP contribution in [-0.2, 0) is 24.2 Å². The summed E-state index contributed by atoms with van der Waals surface area (Å²) in [7, 11) is 1.73. The van der Waals surface area contributed by atoms with Gasteiger partial charge in [0.1, 0.15) is 5.01 Å². The number of thiazole rings is 1. The van der Waals surface area contributed by atoms with Gasteiger partial charge in [0.2, 0.25) is 0 Å². The third-order valence-electron chi connectivity index (χ3n) is 4.00. The molecule has 2 nitrogen and oxygen atoms in total. The van der Waals surface area contributed by atoms with E-state index < -0.39 is 0 Å². The first-order valence-electron chi connectivity index (χ1n) is 8.41. The van der Waals surface area contributed by atoms with E-state index in [-0.39, 0.29) is 0 Å². The van der Waals surface area contributed by atoms with Crippen LogP contribution in [0.15, 0.2) is 54.6 Å². The number of benzene rings is 2. The predicted octanol–water partition coefficient (Wildman–Crippen LogP) is 5.50. The molecule has 0 aliphatic carbocycles. The molecule has 0 N–H and O–H groups in total. The first-order chi connectivity index (χ1) is 11.8. The number of aryl methyl sites for hydroxylation is 1. The molecular weight excluding hydrogens is 314 g/mol. The fourth-order valence-corrected chi connectivity index (χ4v) is 3.94. The lowest BCUT2D eigenvalue weighted by atomic mass is 10.0. The van der Waals surface area contributed by atoms with Crippen LogP contribution >= 0.6 is 11.3 Å². The van der Waals surface area contributed by atoms with Gasteiger partial charge in [-0.3, -0.25) is 0 Å². The summed E-state index contributed by atoms with van der Waals surface area (Å²) in [5.74, 6) is 0. The highest BCUT2D eigenvalue weighted by Gasteiger charge is 2.11. The monoisotopic (exact) mass is 337 g/mol. The Kier molecular flexibility index (Phi) is 5.78. The lowest BCUT2D eigenvalue weighted by Gasteiger charge is -2.05. The zero-order chi connectivity index (χ0) is 16.8. The van der Waals surface area contributed by atoms with Crippen molar-refractivity contribution >= 4 is 11.3 Å². The number of rotatable bonds is 7. The predicted molar refractivity (Wildman–Crippen MR) is 102 cm³/mol. The maximum atomic E-state index is 5.24. The molecule has 0 fully saturated rings. The van der Waals surface area contributed by atoms with Crippen LogP contribution in [0.1, 0.15) is 34.5 Å². The van der Waals surface area contributed by atoms with Gasteiger partial charge < -0.3 is 4.74 Å². The van der Waals surface area contributed by atoms with E-state index in [0.29, 0.717) is 6.61 Å². The zero-order valence-corrected chi connectivity index (χ0v) is 15.1. The Morgan fingerprint density at radius 1 is 0.958 bits per heavy atom. The summed E-state index contributed by atoms with van der Waals surface area (Å²) >= 11 is 1.78.